The van der Waals surface area contributed by atoms with E-state index in [4.69, 9.17) is 0 Å². The van der Waals surface area contributed by atoms with Gasteiger partial charge in [0, 0.05) is 30.4 Å². The fourth-order valence-electron chi connectivity index (χ4n) is 2.80. The first-order chi connectivity index (χ1) is 8.81. The van der Waals surface area contributed by atoms with Crippen LogP contribution in [0.5, 0.6) is 0 Å². The van der Waals surface area contributed by atoms with Crippen LogP contribution < -0.4 is 5.32 Å². The van der Waals surface area contributed by atoms with Crippen molar-refractivity contribution in [3.63, 3.8) is 0 Å². The summed E-state index contributed by atoms with van der Waals surface area (Å²) in [6, 6.07) is 0.690. The summed E-state index contributed by atoms with van der Waals surface area (Å²) >= 11 is 1.70. The van der Waals surface area contributed by atoms with Gasteiger partial charge >= 0.3 is 0 Å². The zero-order valence-electron chi connectivity index (χ0n) is 10.9. The van der Waals surface area contributed by atoms with Crippen molar-refractivity contribution in [3.05, 3.63) is 23.5 Å². The van der Waals surface area contributed by atoms with Crippen molar-refractivity contribution in [3.8, 4) is 0 Å². The number of hydrogen-bond donors (Lipinski definition) is 1. The van der Waals surface area contributed by atoms with Crippen molar-refractivity contribution in [1.82, 2.24) is 14.7 Å². The summed E-state index contributed by atoms with van der Waals surface area (Å²) in [5.74, 6) is 0.912. The van der Waals surface area contributed by atoms with E-state index < -0.39 is 0 Å². The maximum atomic E-state index is 4.61. The maximum absolute atomic E-state index is 4.61. The van der Waals surface area contributed by atoms with Crippen molar-refractivity contribution in [2.24, 2.45) is 5.92 Å². The van der Waals surface area contributed by atoms with Gasteiger partial charge in [0.2, 0.25) is 0 Å². The Balaban J connectivity index is 1.55. The van der Waals surface area contributed by atoms with E-state index in [1.165, 1.54) is 37.8 Å². The molecule has 0 aliphatic heterocycles. The average Bonchev–Trinajstić information content (AvgIpc) is 2.86. The lowest BCUT2D eigenvalue weighted by Gasteiger charge is -2.15. The lowest BCUT2D eigenvalue weighted by Crippen LogP contribution is -2.28. The predicted molar refractivity (Wildman–Crippen MR) is 75.9 cm³/mol. The normalized spacial score (nSPS) is 25.4. The van der Waals surface area contributed by atoms with Crippen molar-refractivity contribution in [1.29, 1.82) is 0 Å². The lowest BCUT2D eigenvalue weighted by molar-refractivity contribution is 0.445. The molecule has 1 N–H and O–H groups in total. The Kier molecular flexibility index (Phi) is 3.66. The monoisotopic (exact) mass is 263 g/mol. The third-order valence-electron chi connectivity index (χ3n) is 3.97. The highest BCUT2D eigenvalue weighted by Crippen LogP contribution is 2.22. The zero-order valence-corrected chi connectivity index (χ0v) is 11.7. The molecule has 4 heteroatoms. The van der Waals surface area contributed by atoms with Crippen LogP contribution in [0.1, 0.15) is 44.7 Å². The molecule has 0 bridgehead atoms. The Bertz CT molecular complexity index is 473. The summed E-state index contributed by atoms with van der Waals surface area (Å²) in [7, 11) is 0. The molecule has 98 valence electrons. The molecule has 3 nitrogen and oxygen atoms in total. The molecule has 1 fully saturated rings. The SMILES string of the molecule is CC1CCCC(NCc2cn3ccsc3n2)CC1. The van der Waals surface area contributed by atoms with Crippen molar-refractivity contribution in [2.75, 3.05) is 0 Å². The smallest absolute Gasteiger partial charge is 0.193 e. The molecule has 1 aliphatic rings. The zero-order chi connectivity index (χ0) is 12.4. The van der Waals surface area contributed by atoms with Crippen LogP contribution in [0.3, 0.4) is 0 Å². The third-order valence-corrected chi connectivity index (χ3v) is 4.74. The van der Waals surface area contributed by atoms with Crippen LogP contribution in [-0.4, -0.2) is 15.4 Å². The maximum Gasteiger partial charge on any atom is 0.193 e. The van der Waals surface area contributed by atoms with Gasteiger partial charge < -0.3 is 5.32 Å². The summed E-state index contributed by atoms with van der Waals surface area (Å²) in [5, 5.41) is 5.75. The fourth-order valence-corrected chi connectivity index (χ4v) is 3.52. The van der Waals surface area contributed by atoms with E-state index in [0.717, 1.165) is 17.4 Å². The first kappa shape index (κ1) is 12.2. The van der Waals surface area contributed by atoms with Gasteiger partial charge in [0.25, 0.3) is 0 Å². The van der Waals surface area contributed by atoms with Crippen LogP contribution in [0.15, 0.2) is 17.8 Å². The van der Waals surface area contributed by atoms with Gasteiger partial charge in [0.05, 0.1) is 5.69 Å². The highest BCUT2D eigenvalue weighted by molar-refractivity contribution is 7.15. The second-order valence-electron chi connectivity index (χ2n) is 5.52. The van der Waals surface area contributed by atoms with Crippen molar-refractivity contribution >= 4 is 16.3 Å². The van der Waals surface area contributed by atoms with Crippen LogP contribution >= 0.6 is 11.3 Å². The quantitative estimate of drug-likeness (QED) is 0.859. The number of rotatable bonds is 3. The molecule has 0 amide bonds. The Hall–Kier alpha value is -0.870. The van der Waals surface area contributed by atoms with Gasteiger partial charge in [-0.15, -0.1) is 11.3 Å². The molecule has 0 aromatic carbocycles. The minimum Gasteiger partial charge on any atom is -0.308 e. The van der Waals surface area contributed by atoms with Gasteiger partial charge in [0.1, 0.15) is 0 Å². The van der Waals surface area contributed by atoms with E-state index >= 15 is 0 Å². The second-order valence-corrected chi connectivity index (χ2v) is 6.39. The number of hydrogen-bond acceptors (Lipinski definition) is 3. The van der Waals surface area contributed by atoms with E-state index in [0.29, 0.717) is 6.04 Å². The van der Waals surface area contributed by atoms with Gasteiger partial charge in [-0.25, -0.2) is 4.98 Å². The molecule has 2 heterocycles. The predicted octanol–water partition coefficient (Wildman–Crippen LogP) is 3.45. The van der Waals surface area contributed by atoms with E-state index in [1.54, 1.807) is 11.3 Å². The molecule has 2 atom stereocenters. The molecule has 2 aromatic rings. The Morgan fingerprint density at radius 1 is 1.39 bits per heavy atom. The summed E-state index contributed by atoms with van der Waals surface area (Å²) in [6.45, 7) is 3.29. The van der Waals surface area contributed by atoms with Gasteiger partial charge in [-0.05, 0) is 25.2 Å². The lowest BCUT2D eigenvalue weighted by atomic mass is 10.0. The first-order valence-corrected chi connectivity index (χ1v) is 7.83. The molecular weight excluding hydrogens is 242 g/mol. The summed E-state index contributed by atoms with van der Waals surface area (Å²) in [4.78, 5) is 5.71. The average molecular weight is 263 g/mol. The third kappa shape index (κ3) is 2.75. The van der Waals surface area contributed by atoms with Gasteiger partial charge in [-0.3, -0.25) is 4.40 Å². The number of nitrogens with zero attached hydrogens (tertiary/aromatic N) is 2. The summed E-state index contributed by atoms with van der Waals surface area (Å²) < 4.78 is 2.11. The standard InChI is InChI=1S/C14H21N3S/c1-11-3-2-4-12(6-5-11)15-9-13-10-17-7-8-18-14(17)16-13/h7-8,10-12,15H,2-6,9H2,1H3. The molecule has 0 saturated heterocycles. The minimum atomic E-state index is 0.690. The number of nitrogens with one attached hydrogen (secondary N) is 1. The first-order valence-electron chi connectivity index (χ1n) is 6.96. The topological polar surface area (TPSA) is 29.3 Å². The summed E-state index contributed by atoms with van der Waals surface area (Å²) in [5.41, 5.74) is 1.17. The van der Waals surface area contributed by atoms with Crippen LogP contribution in [0.4, 0.5) is 0 Å². The van der Waals surface area contributed by atoms with E-state index in [9.17, 15) is 0 Å². The number of imidazole rings is 1. The van der Waals surface area contributed by atoms with Crippen LogP contribution in [0.2, 0.25) is 0 Å². The Morgan fingerprint density at radius 3 is 3.22 bits per heavy atom. The van der Waals surface area contributed by atoms with Crippen LogP contribution in [0, 0.1) is 5.92 Å². The number of aromatic nitrogens is 2. The molecule has 2 unspecified atom stereocenters. The van der Waals surface area contributed by atoms with E-state index in [2.05, 4.69) is 39.4 Å². The molecular formula is C14H21N3S. The van der Waals surface area contributed by atoms with E-state index in [1.807, 2.05) is 0 Å². The Morgan fingerprint density at radius 2 is 2.33 bits per heavy atom. The number of fused-ring (bicyclic) bond motifs is 1. The molecule has 1 aliphatic carbocycles. The van der Waals surface area contributed by atoms with Crippen LogP contribution in [0.25, 0.3) is 4.96 Å². The molecule has 3 rings (SSSR count). The minimum absolute atomic E-state index is 0.690. The molecule has 2 aromatic heterocycles. The van der Waals surface area contributed by atoms with Crippen LogP contribution in [-0.2, 0) is 6.54 Å². The molecule has 18 heavy (non-hydrogen) atoms. The Labute approximate surface area is 112 Å². The molecule has 0 radical (unpaired) electrons. The van der Waals surface area contributed by atoms with Gasteiger partial charge in [0.15, 0.2) is 4.96 Å². The molecule has 0 spiro atoms. The second kappa shape index (κ2) is 5.41. The largest absolute Gasteiger partial charge is 0.308 e. The number of thiazole rings is 1. The van der Waals surface area contributed by atoms with Crippen molar-refractivity contribution < 1.29 is 0 Å². The molecule has 1 saturated carbocycles. The van der Waals surface area contributed by atoms with E-state index in [-0.39, 0.29) is 0 Å². The fraction of sp³-hybridized carbons (Fsp3) is 0.643. The highest BCUT2D eigenvalue weighted by Gasteiger charge is 2.15. The highest BCUT2D eigenvalue weighted by atomic mass is 32.1. The van der Waals surface area contributed by atoms with Gasteiger partial charge in [-0.2, -0.15) is 0 Å². The summed E-state index contributed by atoms with van der Waals surface area (Å²) in [6.07, 6.45) is 11.0. The van der Waals surface area contributed by atoms with Crippen molar-refractivity contribution in [2.45, 2.75) is 51.6 Å². The van der Waals surface area contributed by atoms with Gasteiger partial charge in [-0.1, -0.05) is 19.8 Å².